The van der Waals surface area contributed by atoms with Gasteiger partial charge in [0.2, 0.25) is 15.9 Å². The summed E-state index contributed by atoms with van der Waals surface area (Å²) in [5, 5.41) is 3.29. The van der Waals surface area contributed by atoms with E-state index in [1.807, 2.05) is 0 Å². The molecule has 1 aliphatic rings. The lowest BCUT2D eigenvalue weighted by Crippen LogP contribution is -2.48. The molecule has 0 bridgehead atoms. The second-order valence-electron chi connectivity index (χ2n) is 6.85. The Kier molecular flexibility index (Phi) is 7.66. The van der Waals surface area contributed by atoms with Crippen molar-refractivity contribution >= 4 is 33.4 Å². The number of nitrogens with zero attached hydrogens (tertiary/aromatic N) is 1. The van der Waals surface area contributed by atoms with Crippen molar-refractivity contribution in [2.75, 3.05) is 22.9 Å². The molecule has 1 atom stereocenters. The molecule has 0 saturated heterocycles. The van der Waals surface area contributed by atoms with Gasteiger partial charge in [0.15, 0.2) is 0 Å². The van der Waals surface area contributed by atoms with Crippen LogP contribution in [0.15, 0.2) is 24.3 Å². The van der Waals surface area contributed by atoms with Crippen LogP contribution in [0.4, 0.5) is 18.9 Å². The van der Waals surface area contributed by atoms with Crippen LogP contribution in [0.25, 0.3) is 0 Å². The van der Waals surface area contributed by atoms with Gasteiger partial charge in [-0.1, -0.05) is 18.9 Å². The smallest absolute Gasteiger partial charge is 0.353 e. The number of nitrogens with one attached hydrogen (secondary N) is 1. The van der Waals surface area contributed by atoms with Crippen molar-refractivity contribution in [2.24, 2.45) is 0 Å². The molecule has 1 aliphatic carbocycles. The summed E-state index contributed by atoms with van der Waals surface area (Å²) >= 11 is 1.78. The molecule has 0 aliphatic heterocycles. The van der Waals surface area contributed by atoms with Gasteiger partial charge < -0.3 is 5.32 Å². The van der Waals surface area contributed by atoms with Crippen molar-refractivity contribution in [3.05, 3.63) is 29.8 Å². The average molecular weight is 439 g/mol. The first-order valence-electron chi connectivity index (χ1n) is 9.06. The summed E-state index contributed by atoms with van der Waals surface area (Å²) in [6.07, 6.45) is 1.05. The predicted octanol–water partition coefficient (Wildman–Crippen LogP) is 3.65. The number of sulfonamides is 1. The highest BCUT2D eigenvalue weighted by Crippen LogP contribution is 2.33. The fraction of sp³-hybridized carbons (Fsp3) is 0.611. The highest BCUT2D eigenvalue weighted by Gasteiger charge is 2.34. The Morgan fingerprint density at radius 1 is 1.32 bits per heavy atom. The number of anilines is 1. The Labute approximate surface area is 168 Å². The molecule has 1 amide bonds. The van der Waals surface area contributed by atoms with Gasteiger partial charge in [-0.3, -0.25) is 9.10 Å². The largest absolute Gasteiger partial charge is 0.416 e. The summed E-state index contributed by atoms with van der Waals surface area (Å²) in [6, 6.07) is 2.79. The van der Waals surface area contributed by atoms with E-state index in [0.29, 0.717) is 17.5 Å². The Morgan fingerprint density at radius 2 is 1.96 bits per heavy atom. The van der Waals surface area contributed by atoms with E-state index in [9.17, 15) is 26.4 Å². The van der Waals surface area contributed by atoms with E-state index in [-0.39, 0.29) is 5.69 Å². The number of hydrogen-bond donors (Lipinski definition) is 1. The number of benzene rings is 1. The lowest BCUT2D eigenvalue weighted by atomic mass is 10.2. The maximum Gasteiger partial charge on any atom is 0.416 e. The topological polar surface area (TPSA) is 66.5 Å². The molecule has 1 aromatic rings. The van der Waals surface area contributed by atoms with Crippen LogP contribution in [0.5, 0.6) is 0 Å². The lowest BCUT2D eigenvalue weighted by molar-refractivity contribution is -0.137. The van der Waals surface area contributed by atoms with Crippen LogP contribution in [0, 0.1) is 0 Å². The molecule has 10 heteroatoms. The van der Waals surface area contributed by atoms with Crippen molar-refractivity contribution in [3.63, 3.8) is 0 Å². The highest BCUT2D eigenvalue weighted by molar-refractivity contribution is 7.99. The Balaban J connectivity index is 2.06. The second kappa shape index (κ2) is 9.39. The molecule has 1 saturated carbocycles. The molecule has 1 aromatic carbocycles. The van der Waals surface area contributed by atoms with E-state index in [4.69, 9.17) is 0 Å². The molecule has 0 unspecified atom stereocenters. The Morgan fingerprint density at radius 3 is 2.54 bits per heavy atom. The van der Waals surface area contributed by atoms with E-state index in [1.54, 1.807) is 11.8 Å². The number of hydrogen-bond acceptors (Lipinski definition) is 4. The first-order chi connectivity index (χ1) is 13.0. The zero-order chi connectivity index (χ0) is 20.9. The van der Waals surface area contributed by atoms with Gasteiger partial charge >= 0.3 is 6.18 Å². The summed E-state index contributed by atoms with van der Waals surface area (Å²) in [7, 11) is -3.97. The normalized spacial score (nSPS) is 16.8. The third kappa shape index (κ3) is 6.30. The van der Waals surface area contributed by atoms with Gasteiger partial charge in [-0.15, -0.1) is 0 Å². The summed E-state index contributed by atoms with van der Waals surface area (Å²) in [5.41, 5.74) is -1.17. The van der Waals surface area contributed by atoms with E-state index in [0.717, 1.165) is 28.8 Å². The van der Waals surface area contributed by atoms with E-state index in [2.05, 4.69) is 5.32 Å². The van der Waals surface area contributed by atoms with Crippen LogP contribution in [0.2, 0.25) is 0 Å². The zero-order valence-electron chi connectivity index (χ0n) is 15.8. The molecular weight excluding hydrogens is 413 g/mol. The number of alkyl halides is 3. The molecule has 0 spiro atoms. The third-order valence-corrected chi connectivity index (χ3v) is 7.20. The van der Waals surface area contributed by atoms with Crippen molar-refractivity contribution in [1.82, 2.24) is 5.32 Å². The summed E-state index contributed by atoms with van der Waals surface area (Å²) in [4.78, 5) is 12.4. The van der Waals surface area contributed by atoms with E-state index < -0.39 is 33.7 Å². The fourth-order valence-corrected chi connectivity index (χ4v) is 5.62. The predicted molar refractivity (Wildman–Crippen MR) is 106 cm³/mol. The van der Waals surface area contributed by atoms with E-state index in [1.165, 1.54) is 38.7 Å². The Hall–Kier alpha value is -1.42. The van der Waals surface area contributed by atoms with Crippen LogP contribution < -0.4 is 9.62 Å². The average Bonchev–Trinajstić information content (AvgIpc) is 3.10. The minimum atomic E-state index is -4.61. The summed E-state index contributed by atoms with van der Waals surface area (Å²) < 4.78 is 64.0. The van der Waals surface area contributed by atoms with Crippen LogP contribution in [-0.2, 0) is 21.0 Å². The monoisotopic (exact) mass is 438 g/mol. The number of halogens is 3. The third-order valence-electron chi connectivity index (χ3n) is 4.57. The van der Waals surface area contributed by atoms with Crippen molar-refractivity contribution in [2.45, 2.75) is 50.1 Å². The van der Waals surface area contributed by atoms with Crippen LogP contribution >= 0.6 is 11.8 Å². The maximum absolute atomic E-state index is 13.0. The number of carbonyl (C=O) groups excluding carboxylic acids is 1. The number of carbonyl (C=O) groups is 1. The number of rotatable bonds is 8. The van der Waals surface area contributed by atoms with Crippen LogP contribution in [0.1, 0.15) is 38.2 Å². The molecule has 28 heavy (non-hydrogen) atoms. The van der Waals surface area contributed by atoms with Gasteiger partial charge in [0.25, 0.3) is 0 Å². The molecule has 0 heterocycles. The minimum Gasteiger partial charge on any atom is -0.353 e. The van der Waals surface area contributed by atoms with Crippen molar-refractivity contribution in [3.8, 4) is 0 Å². The first-order valence-corrected chi connectivity index (χ1v) is 12.0. The SMILES string of the molecule is C[C@H](C(=O)NCCSC1CCCC1)N(c1cccc(C(F)(F)F)c1)S(C)(=O)=O. The minimum absolute atomic E-state index is 0.194. The molecule has 5 nitrogen and oxygen atoms in total. The molecule has 1 fully saturated rings. The molecule has 1 N–H and O–H groups in total. The maximum atomic E-state index is 13.0. The van der Waals surface area contributed by atoms with Crippen molar-refractivity contribution < 1.29 is 26.4 Å². The molecule has 2 rings (SSSR count). The second-order valence-corrected chi connectivity index (χ2v) is 10.1. The van der Waals surface area contributed by atoms with Gasteiger partial charge in [0.1, 0.15) is 6.04 Å². The zero-order valence-corrected chi connectivity index (χ0v) is 17.5. The Bertz CT molecular complexity index is 779. The van der Waals surface area contributed by atoms with E-state index >= 15 is 0 Å². The number of thioether (sulfide) groups is 1. The fourth-order valence-electron chi connectivity index (χ4n) is 3.23. The molecule has 158 valence electrons. The van der Waals surface area contributed by atoms with Crippen LogP contribution in [-0.4, -0.2) is 44.2 Å². The van der Waals surface area contributed by atoms with Crippen molar-refractivity contribution in [1.29, 1.82) is 0 Å². The molecule has 0 radical (unpaired) electrons. The lowest BCUT2D eigenvalue weighted by Gasteiger charge is -2.28. The summed E-state index contributed by atoms with van der Waals surface area (Å²) in [6.45, 7) is 1.74. The van der Waals surface area contributed by atoms with Gasteiger partial charge in [0.05, 0.1) is 17.5 Å². The quantitative estimate of drug-likeness (QED) is 0.629. The highest BCUT2D eigenvalue weighted by atomic mass is 32.2. The van der Waals surface area contributed by atoms with Gasteiger partial charge in [-0.25, -0.2) is 8.42 Å². The molecule has 0 aromatic heterocycles. The van der Waals surface area contributed by atoms with Gasteiger partial charge in [-0.05, 0) is 38.0 Å². The van der Waals surface area contributed by atoms with Crippen LogP contribution in [0.3, 0.4) is 0 Å². The summed E-state index contributed by atoms with van der Waals surface area (Å²) in [5.74, 6) is 0.167. The first kappa shape index (κ1) is 22.9. The molecular formula is C18H25F3N2O3S2. The van der Waals surface area contributed by atoms with Gasteiger partial charge in [0, 0.05) is 17.5 Å². The number of amides is 1. The standard InChI is InChI=1S/C18H25F3N2O3S2/c1-13(17(24)22-10-11-27-16-8-3-4-9-16)23(28(2,25)26)15-7-5-6-14(12-15)18(19,20)21/h5-7,12-13,16H,3-4,8-11H2,1-2H3,(H,22,24)/t13-/m1/s1. The van der Waals surface area contributed by atoms with Gasteiger partial charge in [-0.2, -0.15) is 24.9 Å².